The summed E-state index contributed by atoms with van der Waals surface area (Å²) in [7, 11) is 0. The van der Waals surface area contributed by atoms with Crippen LogP contribution in [0.25, 0.3) is 44.3 Å². The van der Waals surface area contributed by atoms with Crippen LogP contribution in [0.3, 0.4) is 0 Å². The van der Waals surface area contributed by atoms with Crippen molar-refractivity contribution in [3.05, 3.63) is 90.9 Å². The Hall–Kier alpha value is -4.76. The Kier molecular flexibility index (Phi) is 4.71. The number of aromatic nitrogens is 4. The minimum Gasteiger partial charge on any atom is -0.450 e. The molecule has 9 nitrogen and oxygen atoms in total. The molecule has 0 unspecified atom stereocenters. The minimum absolute atomic E-state index is 0.0240. The Balaban J connectivity index is 1.14. The summed E-state index contributed by atoms with van der Waals surface area (Å²) in [6, 6.07) is 20.5. The number of anilines is 1. The van der Waals surface area contributed by atoms with Gasteiger partial charge in [-0.3, -0.25) is 4.90 Å². The third-order valence-corrected chi connectivity index (χ3v) is 7.46. The van der Waals surface area contributed by atoms with E-state index in [4.69, 9.17) is 13.3 Å². The number of nitrogens with zero attached hydrogens (tertiary/aromatic N) is 6. The molecule has 0 N–H and O–H groups in total. The van der Waals surface area contributed by atoms with Gasteiger partial charge in [-0.25, -0.2) is 19.9 Å². The van der Waals surface area contributed by atoms with Crippen LogP contribution in [0.5, 0.6) is 0 Å². The van der Waals surface area contributed by atoms with Crippen molar-refractivity contribution in [1.82, 2.24) is 24.8 Å². The first-order valence-electron chi connectivity index (χ1n) is 12.6. The van der Waals surface area contributed by atoms with Crippen LogP contribution < -0.4 is 4.90 Å². The molecule has 1 fully saturated rings. The third-order valence-electron chi connectivity index (χ3n) is 7.46. The van der Waals surface area contributed by atoms with Gasteiger partial charge < -0.3 is 18.2 Å². The molecule has 4 aromatic heterocycles. The lowest BCUT2D eigenvalue weighted by molar-refractivity contribution is 0.212. The Bertz CT molecular complexity index is 1860. The van der Waals surface area contributed by atoms with E-state index in [0.717, 1.165) is 87.4 Å². The number of fused-ring (bicyclic) bond motifs is 5. The maximum Gasteiger partial charge on any atom is 0.196 e. The number of hydrogen-bond acceptors (Lipinski definition) is 9. The Morgan fingerprint density at radius 2 is 1.37 bits per heavy atom. The molecule has 9 heteroatoms. The molecule has 0 spiro atoms. The van der Waals surface area contributed by atoms with Gasteiger partial charge in [0.25, 0.3) is 0 Å². The van der Waals surface area contributed by atoms with Crippen LogP contribution in [0.2, 0.25) is 0 Å². The summed E-state index contributed by atoms with van der Waals surface area (Å²) >= 11 is 0. The molecular formula is C29H22N6O3. The summed E-state index contributed by atoms with van der Waals surface area (Å²) in [6.45, 7) is 3.28. The van der Waals surface area contributed by atoms with Gasteiger partial charge in [-0.1, -0.05) is 24.3 Å². The number of benzene rings is 3. The second-order valence-corrected chi connectivity index (χ2v) is 9.56. The molecule has 0 radical (unpaired) electrons. The Labute approximate surface area is 216 Å². The third kappa shape index (κ3) is 3.36. The van der Waals surface area contributed by atoms with Gasteiger partial charge >= 0.3 is 0 Å². The average Bonchev–Trinajstić information content (AvgIpc) is 3.71. The molecule has 186 valence electrons. The van der Waals surface area contributed by atoms with Gasteiger partial charge in [-0.2, -0.15) is 0 Å². The van der Waals surface area contributed by atoms with Crippen LogP contribution in [-0.2, 0) is 0 Å². The maximum absolute atomic E-state index is 6.20. The molecule has 3 aromatic carbocycles. The van der Waals surface area contributed by atoms with Gasteiger partial charge in [0.05, 0.1) is 6.04 Å². The SMILES string of the molecule is c1ccc2c(c1)oc1c(N3CCN(C(c4ccc5ocnc5c4)c4ccc5ocnc5c4)CC3)ncnc12. The normalized spacial score (nSPS) is 15.0. The van der Waals surface area contributed by atoms with E-state index >= 15 is 0 Å². The standard InChI is InChI=1S/C29H22N6O3/c1-2-4-23-20(3-1)26-28(38-23)29(31-15-30-26)35-11-9-34(10-12-35)27(18-5-7-24-21(13-18)32-16-36-24)19-6-8-25-22(14-19)33-17-37-25/h1-8,13-17,27H,9-12H2. The molecule has 0 aliphatic carbocycles. The highest BCUT2D eigenvalue weighted by molar-refractivity contribution is 6.05. The van der Waals surface area contributed by atoms with Gasteiger partial charge in [0.1, 0.15) is 28.5 Å². The van der Waals surface area contributed by atoms with Crippen LogP contribution in [-0.4, -0.2) is 51.0 Å². The van der Waals surface area contributed by atoms with E-state index < -0.39 is 0 Å². The second kappa shape index (κ2) is 8.39. The zero-order valence-corrected chi connectivity index (χ0v) is 20.3. The quantitative estimate of drug-likeness (QED) is 0.306. The van der Waals surface area contributed by atoms with Crippen LogP contribution in [0.15, 0.2) is 93.0 Å². The van der Waals surface area contributed by atoms with Crippen molar-refractivity contribution < 1.29 is 13.3 Å². The van der Waals surface area contributed by atoms with Gasteiger partial charge in [0.2, 0.25) is 0 Å². The Morgan fingerprint density at radius 3 is 2.08 bits per heavy atom. The van der Waals surface area contributed by atoms with Crippen molar-refractivity contribution in [3.63, 3.8) is 0 Å². The highest BCUT2D eigenvalue weighted by atomic mass is 16.3. The van der Waals surface area contributed by atoms with E-state index in [1.54, 1.807) is 6.33 Å². The van der Waals surface area contributed by atoms with Crippen molar-refractivity contribution >= 4 is 50.1 Å². The average molecular weight is 503 g/mol. The lowest BCUT2D eigenvalue weighted by Crippen LogP contribution is -2.48. The van der Waals surface area contributed by atoms with E-state index in [0.29, 0.717) is 0 Å². The molecule has 1 saturated heterocycles. The second-order valence-electron chi connectivity index (χ2n) is 9.56. The van der Waals surface area contributed by atoms with Crippen molar-refractivity contribution in [2.24, 2.45) is 0 Å². The zero-order valence-electron chi connectivity index (χ0n) is 20.3. The monoisotopic (exact) mass is 502 g/mol. The molecular weight excluding hydrogens is 480 g/mol. The first-order chi connectivity index (χ1) is 18.8. The summed E-state index contributed by atoms with van der Waals surface area (Å²) < 4.78 is 17.2. The van der Waals surface area contributed by atoms with Crippen LogP contribution in [0.1, 0.15) is 17.2 Å². The lowest BCUT2D eigenvalue weighted by atomic mass is 9.95. The molecule has 0 bridgehead atoms. The molecule has 8 rings (SSSR count). The zero-order chi connectivity index (χ0) is 25.1. The number of para-hydroxylation sites is 1. The van der Waals surface area contributed by atoms with E-state index in [-0.39, 0.29) is 6.04 Å². The van der Waals surface area contributed by atoms with Gasteiger partial charge in [-0.05, 0) is 47.5 Å². The predicted octanol–water partition coefficient (Wildman–Crippen LogP) is 5.57. The smallest absolute Gasteiger partial charge is 0.196 e. The summed E-state index contributed by atoms with van der Waals surface area (Å²) in [5, 5.41) is 1.01. The molecule has 1 aliphatic rings. The predicted molar refractivity (Wildman–Crippen MR) is 143 cm³/mol. The highest BCUT2D eigenvalue weighted by Gasteiger charge is 2.29. The number of piperazine rings is 1. The highest BCUT2D eigenvalue weighted by Crippen LogP contribution is 2.35. The van der Waals surface area contributed by atoms with Gasteiger partial charge in [-0.15, -0.1) is 0 Å². The van der Waals surface area contributed by atoms with Crippen molar-refractivity contribution in [2.75, 3.05) is 31.1 Å². The summed E-state index contributed by atoms with van der Waals surface area (Å²) in [4.78, 5) is 22.7. The van der Waals surface area contributed by atoms with Crippen LogP contribution >= 0.6 is 0 Å². The van der Waals surface area contributed by atoms with Crippen LogP contribution in [0.4, 0.5) is 5.82 Å². The fourth-order valence-electron chi connectivity index (χ4n) is 5.63. The number of hydrogen-bond donors (Lipinski definition) is 0. The number of oxazole rings is 2. The lowest BCUT2D eigenvalue weighted by Gasteiger charge is -2.40. The Morgan fingerprint density at radius 1 is 0.684 bits per heavy atom. The van der Waals surface area contributed by atoms with Crippen molar-refractivity contribution in [2.45, 2.75) is 6.04 Å². The summed E-state index contributed by atoms with van der Waals surface area (Å²) in [5.41, 5.74) is 8.00. The fraction of sp³-hybridized carbons (Fsp3) is 0.172. The molecule has 0 atom stereocenters. The van der Waals surface area contributed by atoms with Gasteiger partial charge in [0, 0.05) is 31.6 Å². The molecule has 38 heavy (non-hydrogen) atoms. The molecule has 1 aliphatic heterocycles. The van der Waals surface area contributed by atoms with Gasteiger partial charge in [0.15, 0.2) is 35.4 Å². The summed E-state index contributed by atoms with van der Waals surface area (Å²) in [5.74, 6) is 0.843. The van der Waals surface area contributed by atoms with E-state index in [9.17, 15) is 0 Å². The summed E-state index contributed by atoms with van der Waals surface area (Å²) in [6.07, 6.45) is 4.61. The van der Waals surface area contributed by atoms with Crippen molar-refractivity contribution in [3.8, 4) is 0 Å². The number of furan rings is 1. The maximum atomic E-state index is 6.20. The minimum atomic E-state index is 0.0240. The molecule has 0 amide bonds. The first-order valence-corrected chi connectivity index (χ1v) is 12.6. The van der Waals surface area contributed by atoms with E-state index in [1.807, 2.05) is 36.4 Å². The van der Waals surface area contributed by atoms with E-state index in [2.05, 4.69) is 54.0 Å². The molecule has 0 saturated carbocycles. The number of rotatable bonds is 4. The topological polar surface area (TPSA) is 97.5 Å². The first kappa shape index (κ1) is 21.3. The van der Waals surface area contributed by atoms with Crippen LogP contribution in [0, 0.1) is 0 Å². The van der Waals surface area contributed by atoms with E-state index in [1.165, 1.54) is 12.8 Å². The fourth-order valence-corrected chi connectivity index (χ4v) is 5.63. The largest absolute Gasteiger partial charge is 0.450 e. The van der Waals surface area contributed by atoms with Crippen molar-refractivity contribution in [1.29, 1.82) is 0 Å². The molecule has 7 aromatic rings. The molecule has 5 heterocycles.